The van der Waals surface area contributed by atoms with Gasteiger partial charge in [0, 0.05) is 34.3 Å². The van der Waals surface area contributed by atoms with Gasteiger partial charge in [-0.1, -0.05) is 11.6 Å². The Balaban J connectivity index is 1.52. The van der Waals surface area contributed by atoms with Crippen LogP contribution >= 0.6 is 23.4 Å². The average molecular weight is 371 g/mol. The molecule has 0 radical (unpaired) electrons. The zero-order valence-electron chi connectivity index (χ0n) is 13.2. The number of thioether (sulfide) groups is 1. The molecule has 1 unspecified atom stereocenters. The Hall–Kier alpha value is -2.31. The zero-order valence-corrected chi connectivity index (χ0v) is 14.8. The van der Waals surface area contributed by atoms with Gasteiger partial charge in [-0.2, -0.15) is 0 Å². The Morgan fingerprint density at radius 3 is 3.00 bits per heavy atom. The molecule has 1 amide bonds. The van der Waals surface area contributed by atoms with Gasteiger partial charge < -0.3 is 5.32 Å². The maximum Gasteiger partial charge on any atom is 0.253 e. The summed E-state index contributed by atoms with van der Waals surface area (Å²) in [6.45, 7) is 0. The lowest BCUT2D eigenvalue weighted by Crippen LogP contribution is -2.30. The van der Waals surface area contributed by atoms with Crippen molar-refractivity contribution >= 4 is 29.3 Å². The standard InChI is InChI=1S/C18H15ClN4OS/c19-13-2-3-16-14(9-13)15(5-8-25-16)22-18(24)12-1-4-17(21-10-12)23-7-6-20-11-23/h1-4,6-7,9-11,15H,5,8H2,(H,22,24). The summed E-state index contributed by atoms with van der Waals surface area (Å²) in [6.07, 6.45) is 7.63. The van der Waals surface area contributed by atoms with Crippen LogP contribution in [0.2, 0.25) is 5.02 Å². The van der Waals surface area contributed by atoms with E-state index in [4.69, 9.17) is 11.6 Å². The monoisotopic (exact) mass is 370 g/mol. The third kappa shape index (κ3) is 3.41. The second-order valence-corrected chi connectivity index (χ2v) is 7.29. The zero-order chi connectivity index (χ0) is 17.2. The number of aromatic nitrogens is 3. The number of fused-ring (bicyclic) bond motifs is 1. The summed E-state index contributed by atoms with van der Waals surface area (Å²) < 4.78 is 1.79. The van der Waals surface area contributed by atoms with Crippen molar-refractivity contribution in [2.45, 2.75) is 17.4 Å². The van der Waals surface area contributed by atoms with Crippen molar-refractivity contribution in [1.82, 2.24) is 19.9 Å². The van der Waals surface area contributed by atoms with Crippen LogP contribution in [0.4, 0.5) is 0 Å². The smallest absolute Gasteiger partial charge is 0.253 e. The predicted octanol–water partition coefficient (Wildman–Crippen LogP) is 3.89. The molecule has 1 aliphatic heterocycles. The number of pyridine rings is 1. The summed E-state index contributed by atoms with van der Waals surface area (Å²) >= 11 is 7.92. The maximum absolute atomic E-state index is 12.6. The Morgan fingerprint density at radius 2 is 2.24 bits per heavy atom. The van der Waals surface area contributed by atoms with Crippen molar-refractivity contribution in [3.05, 3.63) is 71.4 Å². The molecule has 1 N–H and O–H groups in total. The molecule has 126 valence electrons. The number of amides is 1. The van der Waals surface area contributed by atoms with Gasteiger partial charge in [0.2, 0.25) is 0 Å². The second kappa shape index (κ2) is 6.90. The molecule has 0 fully saturated rings. The van der Waals surface area contributed by atoms with E-state index in [1.54, 1.807) is 47.2 Å². The minimum atomic E-state index is -0.132. The summed E-state index contributed by atoms with van der Waals surface area (Å²) in [7, 11) is 0. The third-order valence-electron chi connectivity index (χ3n) is 4.10. The van der Waals surface area contributed by atoms with Crippen LogP contribution in [0, 0.1) is 0 Å². The highest BCUT2D eigenvalue weighted by molar-refractivity contribution is 7.99. The number of nitrogens with zero attached hydrogens (tertiary/aromatic N) is 3. The molecule has 1 aromatic carbocycles. The van der Waals surface area contributed by atoms with Crippen molar-refractivity contribution in [2.24, 2.45) is 0 Å². The quantitative estimate of drug-likeness (QED) is 0.759. The first kappa shape index (κ1) is 16.2. The lowest BCUT2D eigenvalue weighted by atomic mass is 10.0. The number of hydrogen-bond acceptors (Lipinski definition) is 4. The fourth-order valence-corrected chi connectivity index (χ4v) is 4.11. The van der Waals surface area contributed by atoms with Crippen molar-refractivity contribution in [2.75, 3.05) is 5.75 Å². The fraction of sp³-hybridized carbons (Fsp3) is 0.167. The Kier molecular flexibility index (Phi) is 4.46. The van der Waals surface area contributed by atoms with E-state index in [-0.39, 0.29) is 11.9 Å². The van der Waals surface area contributed by atoms with Gasteiger partial charge >= 0.3 is 0 Å². The maximum atomic E-state index is 12.6. The van der Waals surface area contributed by atoms with Gasteiger partial charge in [0.15, 0.2) is 0 Å². The van der Waals surface area contributed by atoms with Crippen LogP contribution in [-0.2, 0) is 0 Å². The van der Waals surface area contributed by atoms with Gasteiger partial charge in [0.25, 0.3) is 5.91 Å². The first-order valence-electron chi connectivity index (χ1n) is 7.88. The van der Waals surface area contributed by atoms with Gasteiger partial charge in [-0.05, 0) is 42.3 Å². The summed E-state index contributed by atoms with van der Waals surface area (Å²) in [6, 6.07) is 9.38. The summed E-state index contributed by atoms with van der Waals surface area (Å²) in [5, 5.41) is 3.79. The number of halogens is 1. The second-order valence-electron chi connectivity index (χ2n) is 5.72. The van der Waals surface area contributed by atoms with Crippen LogP contribution in [-0.4, -0.2) is 26.2 Å². The van der Waals surface area contributed by atoms with Crippen LogP contribution in [0.15, 0.2) is 60.1 Å². The van der Waals surface area contributed by atoms with E-state index in [0.29, 0.717) is 10.6 Å². The first-order valence-corrected chi connectivity index (χ1v) is 9.24. The summed E-state index contributed by atoms with van der Waals surface area (Å²) in [4.78, 5) is 22.1. The predicted molar refractivity (Wildman–Crippen MR) is 98.4 cm³/mol. The van der Waals surface area contributed by atoms with Crippen LogP contribution in [0.5, 0.6) is 0 Å². The average Bonchev–Trinajstić information content (AvgIpc) is 3.17. The normalized spacial score (nSPS) is 16.3. The van der Waals surface area contributed by atoms with Gasteiger partial charge in [-0.25, -0.2) is 9.97 Å². The molecule has 3 aromatic rings. The van der Waals surface area contributed by atoms with Crippen molar-refractivity contribution in [3.8, 4) is 5.82 Å². The molecule has 1 aliphatic rings. The van der Waals surface area contributed by atoms with E-state index in [9.17, 15) is 4.79 Å². The molecule has 0 spiro atoms. The minimum Gasteiger partial charge on any atom is -0.345 e. The van der Waals surface area contributed by atoms with Crippen LogP contribution < -0.4 is 5.32 Å². The van der Waals surface area contributed by atoms with E-state index in [1.807, 2.05) is 24.4 Å². The molecule has 0 saturated carbocycles. The lowest BCUT2D eigenvalue weighted by Gasteiger charge is -2.26. The number of carbonyl (C=O) groups is 1. The minimum absolute atomic E-state index is 0.0317. The molecule has 25 heavy (non-hydrogen) atoms. The molecule has 0 aliphatic carbocycles. The van der Waals surface area contributed by atoms with E-state index >= 15 is 0 Å². The SMILES string of the molecule is O=C(NC1CCSc2ccc(Cl)cc21)c1ccc(-n2ccnc2)nc1. The van der Waals surface area contributed by atoms with Gasteiger partial charge in [-0.15, -0.1) is 11.8 Å². The highest BCUT2D eigenvalue weighted by Gasteiger charge is 2.23. The molecule has 3 heterocycles. The van der Waals surface area contributed by atoms with Crippen molar-refractivity contribution in [1.29, 1.82) is 0 Å². The number of nitrogens with one attached hydrogen (secondary N) is 1. The lowest BCUT2D eigenvalue weighted by molar-refractivity contribution is 0.0934. The molecule has 7 heteroatoms. The number of carbonyl (C=O) groups excluding carboxylic acids is 1. The van der Waals surface area contributed by atoms with Crippen molar-refractivity contribution < 1.29 is 4.79 Å². The highest BCUT2D eigenvalue weighted by Crippen LogP contribution is 2.37. The molecule has 0 saturated heterocycles. The topological polar surface area (TPSA) is 59.8 Å². The number of hydrogen-bond donors (Lipinski definition) is 1. The van der Waals surface area contributed by atoms with E-state index < -0.39 is 0 Å². The number of imidazole rings is 1. The Bertz CT molecular complexity index is 896. The molecule has 2 aromatic heterocycles. The summed E-state index contributed by atoms with van der Waals surface area (Å²) in [5.41, 5.74) is 1.62. The van der Waals surface area contributed by atoms with Crippen LogP contribution in [0.25, 0.3) is 5.82 Å². The number of rotatable bonds is 3. The Labute approximate surface area is 154 Å². The van der Waals surface area contributed by atoms with Crippen LogP contribution in [0.1, 0.15) is 28.4 Å². The molecular formula is C18H15ClN4OS. The number of benzene rings is 1. The molecule has 5 nitrogen and oxygen atoms in total. The third-order valence-corrected chi connectivity index (χ3v) is 5.45. The Morgan fingerprint density at radius 1 is 1.32 bits per heavy atom. The molecule has 1 atom stereocenters. The van der Waals surface area contributed by atoms with E-state index in [0.717, 1.165) is 23.6 Å². The van der Waals surface area contributed by atoms with E-state index in [2.05, 4.69) is 15.3 Å². The summed E-state index contributed by atoms with van der Waals surface area (Å²) in [5.74, 6) is 1.56. The van der Waals surface area contributed by atoms with Crippen molar-refractivity contribution in [3.63, 3.8) is 0 Å². The molecule has 0 bridgehead atoms. The van der Waals surface area contributed by atoms with E-state index in [1.165, 1.54) is 4.90 Å². The first-order chi connectivity index (χ1) is 12.2. The van der Waals surface area contributed by atoms with Gasteiger partial charge in [0.1, 0.15) is 12.1 Å². The fourth-order valence-electron chi connectivity index (χ4n) is 2.82. The van der Waals surface area contributed by atoms with Crippen LogP contribution in [0.3, 0.4) is 0 Å². The van der Waals surface area contributed by atoms with Gasteiger partial charge in [-0.3, -0.25) is 9.36 Å². The van der Waals surface area contributed by atoms with Gasteiger partial charge in [0.05, 0.1) is 11.6 Å². The molecule has 4 rings (SSSR count). The largest absolute Gasteiger partial charge is 0.345 e. The molecular weight excluding hydrogens is 356 g/mol. The highest BCUT2D eigenvalue weighted by atomic mass is 35.5.